The van der Waals surface area contributed by atoms with Crippen LogP contribution in [-0.4, -0.2) is 37.6 Å². The van der Waals surface area contributed by atoms with Gasteiger partial charge in [0.15, 0.2) is 0 Å². The lowest BCUT2D eigenvalue weighted by Gasteiger charge is -2.43. The van der Waals surface area contributed by atoms with Crippen molar-refractivity contribution in [2.24, 2.45) is 5.92 Å². The Balaban J connectivity index is 1.83. The third-order valence-electron chi connectivity index (χ3n) is 4.99. The predicted molar refractivity (Wildman–Crippen MR) is 76.0 cm³/mol. The molecule has 3 rings (SSSR count). The molecule has 0 bridgehead atoms. The first-order chi connectivity index (χ1) is 8.77. The zero-order valence-corrected chi connectivity index (χ0v) is 11.5. The van der Waals surface area contributed by atoms with E-state index in [-0.39, 0.29) is 0 Å². The molecule has 3 atom stereocenters. The molecular formula is C16H24N2. The number of hydrogen-bond donors (Lipinski definition) is 1. The zero-order chi connectivity index (χ0) is 12.5. The van der Waals surface area contributed by atoms with Crippen molar-refractivity contribution in [1.82, 2.24) is 10.2 Å². The summed E-state index contributed by atoms with van der Waals surface area (Å²) in [6.07, 6.45) is 2.60. The first kappa shape index (κ1) is 12.2. The minimum Gasteiger partial charge on any atom is -0.314 e. The van der Waals surface area contributed by atoms with E-state index in [0.29, 0.717) is 12.0 Å². The van der Waals surface area contributed by atoms with Gasteiger partial charge in [-0.05, 0) is 42.9 Å². The van der Waals surface area contributed by atoms with Crippen LogP contribution in [0.1, 0.15) is 30.4 Å². The molecule has 2 heteroatoms. The molecule has 0 radical (unpaired) electrons. The Labute approximate surface area is 110 Å². The van der Waals surface area contributed by atoms with Crippen molar-refractivity contribution in [3.8, 4) is 0 Å². The minimum atomic E-state index is 0.697. The highest BCUT2D eigenvalue weighted by Gasteiger charge is 2.34. The largest absolute Gasteiger partial charge is 0.314 e. The van der Waals surface area contributed by atoms with Crippen molar-refractivity contribution in [1.29, 1.82) is 0 Å². The van der Waals surface area contributed by atoms with E-state index in [9.17, 15) is 0 Å². The van der Waals surface area contributed by atoms with Crippen LogP contribution in [0.3, 0.4) is 0 Å². The van der Waals surface area contributed by atoms with Gasteiger partial charge in [-0.15, -0.1) is 0 Å². The molecule has 18 heavy (non-hydrogen) atoms. The van der Waals surface area contributed by atoms with Gasteiger partial charge in [-0.3, -0.25) is 0 Å². The minimum absolute atomic E-state index is 0.697. The van der Waals surface area contributed by atoms with Crippen molar-refractivity contribution in [2.75, 3.05) is 26.7 Å². The van der Waals surface area contributed by atoms with E-state index in [2.05, 4.69) is 48.5 Å². The van der Waals surface area contributed by atoms with Crippen molar-refractivity contribution in [2.45, 2.75) is 31.7 Å². The number of nitrogens with zero attached hydrogens (tertiary/aromatic N) is 1. The molecule has 1 aliphatic carbocycles. The Morgan fingerprint density at radius 1 is 1.28 bits per heavy atom. The lowest BCUT2D eigenvalue weighted by Crippen LogP contribution is -2.54. The molecule has 2 nitrogen and oxygen atoms in total. The van der Waals surface area contributed by atoms with Crippen molar-refractivity contribution >= 4 is 0 Å². The maximum Gasteiger partial charge on any atom is 0.0252 e. The maximum absolute atomic E-state index is 3.57. The number of nitrogens with one attached hydrogen (secondary N) is 1. The standard InChI is InChI=1S/C16H24N2/c1-12-14-6-4-3-5-13(14)7-8-15(12)16-11-17-9-10-18(16)2/h3-6,12,15-17H,7-11H2,1-2H3. The molecule has 0 spiro atoms. The summed E-state index contributed by atoms with van der Waals surface area (Å²) in [5.74, 6) is 1.50. The van der Waals surface area contributed by atoms with E-state index in [1.165, 1.54) is 19.4 Å². The number of hydrogen-bond acceptors (Lipinski definition) is 2. The van der Waals surface area contributed by atoms with Gasteiger partial charge >= 0.3 is 0 Å². The second-order valence-corrected chi connectivity index (χ2v) is 5.94. The molecule has 2 aliphatic rings. The molecule has 1 heterocycles. The van der Waals surface area contributed by atoms with Gasteiger partial charge in [-0.25, -0.2) is 0 Å². The summed E-state index contributed by atoms with van der Waals surface area (Å²) in [6.45, 7) is 5.92. The first-order valence-electron chi connectivity index (χ1n) is 7.26. The summed E-state index contributed by atoms with van der Waals surface area (Å²) in [5.41, 5.74) is 3.17. The molecule has 1 N–H and O–H groups in total. The molecule has 1 fully saturated rings. The highest BCUT2D eigenvalue weighted by atomic mass is 15.2. The van der Waals surface area contributed by atoms with Crippen LogP contribution in [0.25, 0.3) is 0 Å². The monoisotopic (exact) mass is 244 g/mol. The van der Waals surface area contributed by atoms with Crippen molar-refractivity contribution < 1.29 is 0 Å². The van der Waals surface area contributed by atoms with Gasteiger partial charge in [-0.2, -0.15) is 0 Å². The Hall–Kier alpha value is -0.860. The molecule has 1 aromatic carbocycles. The lowest BCUT2D eigenvalue weighted by molar-refractivity contribution is 0.119. The fourth-order valence-corrected chi connectivity index (χ4v) is 3.84. The fourth-order valence-electron chi connectivity index (χ4n) is 3.84. The normalized spacial score (nSPS) is 33.1. The summed E-state index contributed by atoms with van der Waals surface area (Å²) in [4.78, 5) is 2.56. The van der Waals surface area contributed by atoms with Gasteiger partial charge in [0.1, 0.15) is 0 Å². The number of rotatable bonds is 1. The van der Waals surface area contributed by atoms with E-state index in [4.69, 9.17) is 0 Å². The average Bonchev–Trinajstić information content (AvgIpc) is 2.41. The van der Waals surface area contributed by atoms with Gasteiger partial charge in [0.05, 0.1) is 0 Å². The number of benzene rings is 1. The van der Waals surface area contributed by atoms with E-state index >= 15 is 0 Å². The second kappa shape index (κ2) is 5.02. The summed E-state index contributed by atoms with van der Waals surface area (Å²) in [7, 11) is 2.29. The van der Waals surface area contributed by atoms with E-state index in [1.54, 1.807) is 11.1 Å². The summed E-state index contributed by atoms with van der Waals surface area (Å²) in [6, 6.07) is 9.73. The summed E-state index contributed by atoms with van der Waals surface area (Å²) in [5, 5.41) is 3.57. The Kier molecular flexibility index (Phi) is 3.40. The highest BCUT2D eigenvalue weighted by Crippen LogP contribution is 2.38. The predicted octanol–water partition coefficient (Wildman–Crippen LogP) is 2.26. The smallest absolute Gasteiger partial charge is 0.0252 e. The van der Waals surface area contributed by atoms with Gasteiger partial charge in [0.2, 0.25) is 0 Å². The van der Waals surface area contributed by atoms with Crippen LogP contribution in [-0.2, 0) is 6.42 Å². The molecule has 1 aliphatic heterocycles. The molecule has 98 valence electrons. The Morgan fingerprint density at radius 2 is 2.11 bits per heavy atom. The van der Waals surface area contributed by atoms with Gasteiger partial charge in [0.25, 0.3) is 0 Å². The fraction of sp³-hybridized carbons (Fsp3) is 0.625. The van der Waals surface area contributed by atoms with Crippen LogP contribution >= 0.6 is 0 Å². The molecule has 0 aromatic heterocycles. The van der Waals surface area contributed by atoms with Gasteiger partial charge < -0.3 is 10.2 Å². The topological polar surface area (TPSA) is 15.3 Å². The number of fused-ring (bicyclic) bond motifs is 1. The third-order valence-corrected chi connectivity index (χ3v) is 4.99. The SMILES string of the molecule is CC1c2ccccc2CCC1C1CNCCN1C. The molecule has 3 unspecified atom stereocenters. The second-order valence-electron chi connectivity index (χ2n) is 5.94. The summed E-state index contributed by atoms with van der Waals surface area (Å²) >= 11 is 0. The van der Waals surface area contributed by atoms with Crippen LogP contribution in [0.2, 0.25) is 0 Å². The summed E-state index contributed by atoms with van der Waals surface area (Å²) < 4.78 is 0. The van der Waals surface area contributed by atoms with Crippen LogP contribution in [0.4, 0.5) is 0 Å². The van der Waals surface area contributed by atoms with Gasteiger partial charge in [0, 0.05) is 25.7 Å². The third kappa shape index (κ3) is 2.08. The molecule has 0 amide bonds. The number of aryl methyl sites for hydroxylation is 1. The van der Waals surface area contributed by atoms with E-state index in [1.807, 2.05) is 0 Å². The Bertz CT molecular complexity index is 415. The first-order valence-corrected chi connectivity index (χ1v) is 7.26. The molecule has 1 saturated heterocycles. The van der Waals surface area contributed by atoms with E-state index in [0.717, 1.165) is 19.0 Å². The maximum atomic E-state index is 3.57. The Morgan fingerprint density at radius 3 is 2.94 bits per heavy atom. The zero-order valence-electron chi connectivity index (χ0n) is 11.5. The molecular weight excluding hydrogens is 220 g/mol. The highest BCUT2D eigenvalue weighted by molar-refractivity contribution is 5.33. The quantitative estimate of drug-likeness (QED) is 0.815. The molecule has 0 saturated carbocycles. The van der Waals surface area contributed by atoms with Crippen LogP contribution < -0.4 is 5.32 Å². The average molecular weight is 244 g/mol. The van der Waals surface area contributed by atoms with E-state index < -0.39 is 0 Å². The number of likely N-dealkylation sites (N-methyl/N-ethyl adjacent to an activating group) is 1. The van der Waals surface area contributed by atoms with Crippen LogP contribution in [0.5, 0.6) is 0 Å². The van der Waals surface area contributed by atoms with Crippen LogP contribution in [0, 0.1) is 5.92 Å². The lowest BCUT2D eigenvalue weighted by atomic mass is 9.72. The van der Waals surface area contributed by atoms with Crippen molar-refractivity contribution in [3.05, 3.63) is 35.4 Å². The van der Waals surface area contributed by atoms with Crippen molar-refractivity contribution in [3.63, 3.8) is 0 Å². The van der Waals surface area contributed by atoms with Gasteiger partial charge in [-0.1, -0.05) is 31.2 Å². The number of piperazine rings is 1. The van der Waals surface area contributed by atoms with Crippen LogP contribution in [0.15, 0.2) is 24.3 Å². The molecule has 1 aromatic rings.